The Bertz CT molecular complexity index is 405. The van der Waals surface area contributed by atoms with Crippen LogP contribution >= 0.6 is 0 Å². The average Bonchev–Trinajstić information content (AvgIpc) is 2.86. The normalized spacial score (nSPS) is 17.4. The van der Waals surface area contributed by atoms with E-state index in [-0.39, 0.29) is 0 Å². The van der Waals surface area contributed by atoms with Crippen LogP contribution in [-0.4, -0.2) is 31.1 Å². The lowest BCUT2D eigenvalue weighted by Crippen LogP contribution is -2.36. The lowest BCUT2D eigenvalue weighted by atomic mass is 10.00. The molecule has 0 amide bonds. The molecule has 2 N–H and O–H groups in total. The Morgan fingerprint density at radius 3 is 2.89 bits per heavy atom. The van der Waals surface area contributed by atoms with Crippen molar-refractivity contribution in [3.63, 3.8) is 0 Å². The van der Waals surface area contributed by atoms with Crippen LogP contribution in [0.4, 0.5) is 0 Å². The van der Waals surface area contributed by atoms with Gasteiger partial charge in [0.25, 0.3) is 0 Å². The van der Waals surface area contributed by atoms with E-state index in [0.717, 1.165) is 25.2 Å². The number of hydrogen-bond acceptors (Lipinski definition) is 3. The maximum Gasteiger partial charge on any atom is 0.122 e. The van der Waals surface area contributed by atoms with Gasteiger partial charge in [0.15, 0.2) is 0 Å². The van der Waals surface area contributed by atoms with E-state index in [4.69, 9.17) is 10.5 Å². The van der Waals surface area contributed by atoms with E-state index in [1.165, 1.54) is 11.1 Å². The average molecular weight is 248 g/mol. The first-order chi connectivity index (χ1) is 8.67. The quantitative estimate of drug-likeness (QED) is 0.869. The van der Waals surface area contributed by atoms with Crippen LogP contribution in [0.3, 0.4) is 0 Å². The molecule has 2 atom stereocenters. The molecule has 0 radical (unpaired) electrons. The molecule has 1 aromatic rings. The zero-order valence-electron chi connectivity index (χ0n) is 11.6. The van der Waals surface area contributed by atoms with Crippen molar-refractivity contribution in [3.05, 3.63) is 29.3 Å². The van der Waals surface area contributed by atoms with Crippen molar-refractivity contribution in [2.45, 2.75) is 38.8 Å². The Labute approximate surface area is 110 Å². The van der Waals surface area contributed by atoms with E-state index >= 15 is 0 Å². The van der Waals surface area contributed by atoms with Crippen LogP contribution in [-0.2, 0) is 6.42 Å². The molecule has 0 fully saturated rings. The van der Waals surface area contributed by atoms with Gasteiger partial charge in [-0.3, -0.25) is 4.90 Å². The van der Waals surface area contributed by atoms with Gasteiger partial charge in [0, 0.05) is 25.0 Å². The van der Waals surface area contributed by atoms with Gasteiger partial charge < -0.3 is 10.5 Å². The predicted octanol–water partition coefficient (Wildman–Crippen LogP) is 2.35. The second kappa shape index (κ2) is 5.72. The van der Waals surface area contributed by atoms with E-state index in [1.54, 1.807) is 0 Å². The monoisotopic (exact) mass is 248 g/mol. The van der Waals surface area contributed by atoms with Gasteiger partial charge >= 0.3 is 0 Å². The van der Waals surface area contributed by atoms with Crippen molar-refractivity contribution in [2.24, 2.45) is 5.73 Å². The number of nitrogens with zero attached hydrogens (tertiary/aromatic N) is 1. The van der Waals surface area contributed by atoms with Crippen molar-refractivity contribution >= 4 is 0 Å². The fraction of sp³-hybridized carbons (Fsp3) is 0.600. The third kappa shape index (κ3) is 2.52. The van der Waals surface area contributed by atoms with Crippen LogP contribution in [0.25, 0.3) is 0 Å². The highest BCUT2D eigenvalue weighted by atomic mass is 16.5. The number of likely N-dealkylation sites (N-methyl/N-ethyl adjacent to an activating group) is 1. The van der Waals surface area contributed by atoms with E-state index in [9.17, 15) is 0 Å². The summed E-state index contributed by atoms with van der Waals surface area (Å²) in [7, 11) is 2.16. The molecule has 1 aromatic carbocycles. The molecule has 100 valence electrons. The van der Waals surface area contributed by atoms with Crippen LogP contribution in [0.2, 0.25) is 0 Å². The molecule has 2 rings (SSSR count). The summed E-state index contributed by atoms with van der Waals surface area (Å²) in [6.45, 7) is 5.93. The van der Waals surface area contributed by atoms with Crippen LogP contribution in [0.15, 0.2) is 18.2 Å². The number of nitrogens with two attached hydrogens (primary N) is 1. The summed E-state index contributed by atoms with van der Waals surface area (Å²) < 4.78 is 5.55. The van der Waals surface area contributed by atoms with Gasteiger partial charge in [-0.05, 0) is 37.6 Å². The first-order valence-corrected chi connectivity index (χ1v) is 6.85. The smallest absolute Gasteiger partial charge is 0.122 e. The lowest BCUT2D eigenvalue weighted by Gasteiger charge is -2.32. The molecule has 0 aliphatic carbocycles. The Morgan fingerprint density at radius 2 is 2.22 bits per heavy atom. The molecular formula is C15H24N2O. The van der Waals surface area contributed by atoms with E-state index in [0.29, 0.717) is 18.6 Å². The largest absolute Gasteiger partial charge is 0.493 e. The molecule has 1 aliphatic heterocycles. The molecule has 2 unspecified atom stereocenters. The van der Waals surface area contributed by atoms with Crippen molar-refractivity contribution in [3.8, 4) is 5.75 Å². The number of rotatable bonds is 5. The minimum absolute atomic E-state index is 0.297. The van der Waals surface area contributed by atoms with Gasteiger partial charge in [-0.25, -0.2) is 0 Å². The van der Waals surface area contributed by atoms with Crippen molar-refractivity contribution in [1.82, 2.24) is 4.90 Å². The molecule has 3 nitrogen and oxygen atoms in total. The number of fused-ring (bicyclic) bond motifs is 1. The standard InChI is InChI=1S/C15H24N2O/c1-4-11(2)17(3)14(10-16)12-5-6-15-13(9-12)7-8-18-15/h5-6,9,11,14H,4,7-8,10,16H2,1-3H3. The van der Waals surface area contributed by atoms with Gasteiger partial charge in [-0.15, -0.1) is 0 Å². The second-order valence-corrected chi connectivity index (χ2v) is 5.14. The number of hydrogen-bond donors (Lipinski definition) is 1. The van der Waals surface area contributed by atoms with E-state index in [1.807, 2.05) is 0 Å². The van der Waals surface area contributed by atoms with Crippen molar-refractivity contribution in [2.75, 3.05) is 20.2 Å². The van der Waals surface area contributed by atoms with Gasteiger partial charge in [0.1, 0.15) is 5.75 Å². The minimum atomic E-state index is 0.297. The second-order valence-electron chi connectivity index (χ2n) is 5.14. The van der Waals surface area contributed by atoms with E-state index < -0.39 is 0 Å². The topological polar surface area (TPSA) is 38.5 Å². The predicted molar refractivity (Wildman–Crippen MR) is 75.0 cm³/mol. The first kappa shape index (κ1) is 13.4. The Hall–Kier alpha value is -1.06. The fourth-order valence-electron chi connectivity index (χ4n) is 2.55. The van der Waals surface area contributed by atoms with Gasteiger partial charge in [-0.1, -0.05) is 19.1 Å². The molecule has 0 bridgehead atoms. The zero-order valence-corrected chi connectivity index (χ0v) is 11.6. The van der Waals surface area contributed by atoms with Crippen LogP contribution in [0.5, 0.6) is 5.75 Å². The van der Waals surface area contributed by atoms with Crippen LogP contribution in [0, 0.1) is 0 Å². The molecular weight excluding hydrogens is 224 g/mol. The first-order valence-electron chi connectivity index (χ1n) is 6.85. The molecule has 0 spiro atoms. The maximum absolute atomic E-state index is 5.97. The Balaban J connectivity index is 2.22. The summed E-state index contributed by atoms with van der Waals surface area (Å²) in [5.41, 5.74) is 8.60. The number of ether oxygens (including phenoxy) is 1. The molecule has 0 aromatic heterocycles. The summed E-state index contributed by atoms with van der Waals surface area (Å²) in [6.07, 6.45) is 2.16. The number of benzene rings is 1. The van der Waals surface area contributed by atoms with Crippen LogP contribution in [0.1, 0.15) is 37.4 Å². The third-order valence-electron chi connectivity index (χ3n) is 4.10. The lowest BCUT2D eigenvalue weighted by molar-refractivity contribution is 0.184. The fourth-order valence-corrected chi connectivity index (χ4v) is 2.55. The molecule has 0 saturated carbocycles. The van der Waals surface area contributed by atoms with E-state index in [2.05, 4.69) is 44.0 Å². The summed E-state index contributed by atoms with van der Waals surface area (Å²) in [4.78, 5) is 2.37. The molecule has 1 heterocycles. The molecule has 0 saturated heterocycles. The highest BCUT2D eigenvalue weighted by Crippen LogP contribution is 2.30. The van der Waals surface area contributed by atoms with Gasteiger partial charge in [0.2, 0.25) is 0 Å². The summed E-state index contributed by atoms with van der Waals surface area (Å²) in [6, 6.07) is 7.35. The molecule has 18 heavy (non-hydrogen) atoms. The van der Waals surface area contributed by atoms with Gasteiger partial charge in [0.05, 0.1) is 6.61 Å². The Morgan fingerprint density at radius 1 is 1.44 bits per heavy atom. The maximum atomic E-state index is 5.97. The van der Waals surface area contributed by atoms with Crippen molar-refractivity contribution < 1.29 is 4.74 Å². The van der Waals surface area contributed by atoms with Crippen molar-refractivity contribution in [1.29, 1.82) is 0 Å². The SMILES string of the molecule is CCC(C)N(C)C(CN)c1ccc2c(c1)CCO2. The highest BCUT2D eigenvalue weighted by Gasteiger charge is 2.21. The third-order valence-corrected chi connectivity index (χ3v) is 4.10. The summed E-state index contributed by atoms with van der Waals surface area (Å²) in [5.74, 6) is 1.04. The van der Waals surface area contributed by atoms with Crippen LogP contribution < -0.4 is 10.5 Å². The summed E-state index contributed by atoms with van der Waals surface area (Å²) >= 11 is 0. The highest BCUT2D eigenvalue weighted by molar-refractivity contribution is 5.40. The minimum Gasteiger partial charge on any atom is -0.493 e. The molecule has 3 heteroatoms. The summed E-state index contributed by atoms with van der Waals surface area (Å²) in [5, 5.41) is 0. The molecule has 1 aliphatic rings. The zero-order chi connectivity index (χ0) is 13.1. The van der Waals surface area contributed by atoms with Gasteiger partial charge in [-0.2, -0.15) is 0 Å². The Kier molecular flexibility index (Phi) is 4.25.